The van der Waals surface area contributed by atoms with Gasteiger partial charge in [0.2, 0.25) is 0 Å². The Morgan fingerprint density at radius 3 is 2.40 bits per heavy atom. The second kappa shape index (κ2) is 4.67. The molecule has 2 nitrogen and oxygen atoms in total. The van der Waals surface area contributed by atoms with E-state index in [1.54, 1.807) is 0 Å². The predicted octanol–water partition coefficient (Wildman–Crippen LogP) is 4.69. The lowest BCUT2D eigenvalue weighted by atomic mass is 9.95. The van der Waals surface area contributed by atoms with Gasteiger partial charge < -0.3 is 0 Å². The normalized spacial score (nSPS) is 19.9. The van der Waals surface area contributed by atoms with Crippen molar-refractivity contribution >= 4 is 34.2 Å². The van der Waals surface area contributed by atoms with E-state index >= 15 is 0 Å². The van der Waals surface area contributed by atoms with Crippen molar-refractivity contribution in [3.63, 3.8) is 0 Å². The zero-order valence-corrected chi connectivity index (χ0v) is 13.9. The van der Waals surface area contributed by atoms with Gasteiger partial charge in [0.25, 0.3) is 0 Å². The van der Waals surface area contributed by atoms with Gasteiger partial charge in [-0.1, -0.05) is 41.9 Å². The lowest BCUT2D eigenvalue weighted by Gasteiger charge is -2.16. The van der Waals surface area contributed by atoms with Crippen LogP contribution in [-0.4, -0.2) is 9.97 Å². The van der Waals surface area contributed by atoms with Crippen molar-refractivity contribution in [2.24, 2.45) is 0 Å². The average Bonchev–Trinajstić information content (AvgIpc) is 3.36. The van der Waals surface area contributed by atoms with Gasteiger partial charge in [-0.2, -0.15) is 0 Å². The topological polar surface area (TPSA) is 25.8 Å². The van der Waals surface area contributed by atoms with E-state index in [1.165, 1.54) is 24.1 Å². The van der Waals surface area contributed by atoms with Gasteiger partial charge >= 0.3 is 0 Å². The van der Waals surface area contributed by atoms with E-state index in [0.29, 0.717) is 11.1 Å². The Labute approximate surface area is 137 Å². The van der Waals surface area contributed by atoms with Gasteiger partial charge in [-0.05, 0) is 53.8 Å². The summed E-state index contributed by atoms with van der Waals surface area (Å²) in [6.45, 7) is 0. The summed E-state index contributed by atoms with van der Waals surface area (Å²) in [5, 5.41) is 0.625. The highest BCUT2D eigenvalue weighted by atomic mass is 127. The van der Waals surface area contributed by atoms with Crippen molar-refractivity contribution in [3.05, 3.63) is 56.1 Å². The molecule has 0 amide bonds. The van der Waals surface area contributed by atoms with Gasteiger partial charge in [0.1, 0.15) is 11.0 Å². The molecule has 0 saturated heterocycles. The van der Waals surface area contributed by atoms with Crippen LogP contribution in [0.3, 0.4) is 0 Å². The van der Waals surface area contributed by atoms with Crippen LogP contribution in [0.1, 0.15) is 48.7 Å². The molecule has 102 valence electrons. The molecule has 0 unspecified atom stereocenters. The van der Waals surface area contributed by atoms with Gasteiger partial charge in [0, 0.05) is 5.92 Å². The van der Waals surface area contributed by atoms with E-state index in [0.717, 1.165) is 22.2 Å². The van der Waals surface area contributed by atoms with Crippen molar-refractivity contribution in [3.8, 4) is 0 Å². The van der Waals surface area contributed by atoms with Gasteiger partial charge in [-0.3, -0.25) is 0 Å². The molecule has 0 bridgehead atoms. The lowest BCUT2D eigenvalue weighted by molar-refractivity contribution is 0.736. The molecule has 0 N–H and O–H groups in total. The minimum Gasteiger partial charge on any atom is -0.235 e. The highest BCUT2D eigenvalue weighted by Crippen LogP contribution is 2.53. The van der Waals surface area contributed by atoms with Crippen LogP contribution in [-0.2, 0) is 5.41 Å². The first-order valence-electron chi connectivity index (χ1n) is 7.00. The van der Waals surface area contributed by atoms with Crippen LogP contribution < -0.4 is 0 Å². The second-order valence-electron chi connectivity index (χ2n) is 5.76. The Morgan fingerprint density at radius 2 is 1.80 bits per heavy atom. The number of benzene rings is 1. The van der Waals surface area contributed by atoms with E-state index in [9.17, 15) is 0 Å². The molecule has 0 aliphatic heterocycles. The molecule has 1 aromatic heterocycles. The molecule has 4 rings (SSSR count). The fraction of sp³-hybridized carbons (Fsp3) is 0.375. The molecular weight excluding hydrogens is 383 g/mol. The molecule has 2 fully saturated rings. The third-order valence-electron chi connectivity index (χ3n) is 4.30. The predicted molar refractivity (Wildman–Crippen MR) is 88.2 cm³/mol. The van der Waals surface area contributed by atoms with Crippen molar-refractivity contribution < 1.29 is 0 Å². The third-order valence-corrected chi connectivity index (χ3v) is 5.96. The molecule has 2 aromatic rings. The quantitative estimate of drug-likeness (QED) is 0.555. The van der Waals surface area contributed by atoms with Gasteiger partial charge in [0.15, 0.2) is 0 Å². The third kappa shape index (κ3) is 2.06. The van der Waals surface area contributed by atoms with E-state index in [4.69, 9.17) is 16.6 Å². The Kier molecular flexibility index (Phi) is 3.04. The van der Waals surface area contributed by atoms with Crippen LogP contribution in [0.5, 0.6) is 0 Å². The molecule has 0 radical (unpaired) electrons. The zero-order valence-electron chi connectivity index (χ0n) is 10.9. The van der Waals surface area contributed by atoms with Crippen LogP contribution in [0.25, 0.3) is 0 Å². The Hall–Kier alpha value is -0.680. The number of hydrogen-bond acceptors (Lipinski definition) is 2. The monoisotopic (exact) mass is 396 g/mol. The molecule has 2 aliphatic carbocycles. The van der Waals surface area contributed by atoms with E-state index in [2.05, 4.69) is 57.9 Å². The Morgan fingerprint density at radius 1 is 1.10 bits per heavy atom. The number of nitrogens with zero attached hydrogens (tertiary/aromatic N) is 2. The fourth-order valence-corrected chi connectivity index (χ4v) is 3.66. The van der Waals surface area contributed by atoms with E-state index in [1.807, 2.05) is 0 Å². The number of rotatable bonds is 3. The van der Waals surface area contributed by atoms with Crippen molar-refractivity contribution in [2.45, 2.75) is 37.0 Å². The minimum atomic E-state index is 0.0128. The van der Waals surface area contributed by atoms with Crippen LogP contribution in [0.2, 0.25) is 5.15 Å². The Bertz CT molecular complexity index is 664. The van der Waals surface area contributed by atoms with Gasteiger partial charge in [-0.15, -0.1) is 0 Å². The second-order valence-corrected chi connectivity index (χ2v) is 7.20. The minimum absolute atomic E-state index is 0.0128. The molecule has 0 atom stereocenters. The molecule has 2 saturated carbocycles. The first-order valence-corrected chi connectivity index (χ1v) is 8.45. The number of aromatic nitrogens is 2. The summed E-state index contributed by atoms with van der Waals surface area (Å²) in [6.07, 6.45) is 4.72. The highest BCUT2D eigenvalue weighted by molar-refractivity contribution is 14.1. The summed E-state index contributed by atoms with van der Waals surface area (Å²) in [7, 11) is 0. The van der Waals surface area contributed by atoms with Crippen LogP contribution in [0, 0.1) is 3.57 Å². The maximum atomic E-state index is 6.35. The number of hydrogen-bond donors (Lipinski definition) is 0. The number of halogens is 2. The summed E-state index contributed by atoms with van der Waals surface area (Å²) >= 11 is 8.64. The van der Waals surface area contributed by atoms with Gasteiger partial charge in [-0.25, -0.2) is 9.97 Å². The summed E-state index contributed by atoms with van der Waals surface area (Å²) in [6, 6.07) is 10.6. The molecule has 20 heavy (non-hydrogen) atoms. The van der Waals surface area contributed by atoms with Crippen LogP contribution >= 0.6 is 34.2 Å². The summed E-state index contributed by atoms with van der Waals surface area (Å²) in [5.74, 6) is 1.53. The maximum absolute atomic E-state index is 6.35. The Balaban J connectivity index is 1.83. The van der Waals surface area contributed by atoms with E-state index < -0.39 is 0 Å². The molecule has 4 heteroatoms. The van der Waals surface area contributed by atoms with Crippen molar-refractivity contribution in [1.29, 1.82) is 0 Å². The summed E-state index contributed by atoms with van der Waals surface area (Å²) < 4.78 is 1.04. The zero-order chi connectivity index (χ0) is 13.7. The molecule has 2 aliphatic rings. The molecule has 0 spiro atoms. The van der Waals surface area contributed by atoms with Crippen LogP contribution in [0.15, 0.2) is 30.3 Å². The molecular formula is C16H14ClIN2. The maximum Gasteiger partial charge on any atom is 0.146 e. The smallest absolute Gasteiger partial charge is 0.146 e. The SMILES string of the molecule is Clc1nc(C2(c3ccccc3)CC2)nc(C2CC2)c1I. The highest BCUT2D eigenvalue weighted by Gasteiger charge is 2.49. The summed E-state index contributed by atoms with van der Waals surface area (Å²) in [4.78, 5) is 9.50. The first-order chi connectivity index (χ1) is 9.71. The molecule has 1 aromatic carbocycles. The van der Waals surface area contributed by atoms with E-state index in [-0.39, 0.29) is 5.41 Å². The van der Waals surface area contributed by atoms with Crippen molar-refractivity contribution in [1.82, 2.24) is 9.97 Å². The summed E-state index contributed by atoms with van der Waals surface area (Å²) in [5.41, 5.74) is 2.50. The lowest BCUT2D eigenvalue weighted by Crippen LogP contribution is -2.15. The molecule has 1 heterocycles. The largest absolute Gasteiger partial charge is 0.235 e. The standard InChI is InChI=1S/C16H14ClIN2/c17-14-12(18)13(10-6-7-10)19-15(20-14)16(8-9-16)11-4-2-1-3-5-11/h1-5,10H,6-9H2. The average molecular weight is 397 g/mol. The van der Waals surface area contributed by atoms with Crippen molar-refractivity contribution in [2.75, 3.05) is 0 Å². The fourth-order valence-electron chi connectivity index (χ4n) is 2.80. The van der Waals surface area contributed by atoms with Gasteiger partial charge in [0.05, 0.1) is 14.7 Å². The first kappa shape index (κ1) is 13.0. The van der Waals surface area contributed by atoms with Crippen LogP contribution in [0.4, 0.5) is 0 Å².